The van der Waals surface area contributed by atoms with Crippen LogP contribution in [0, 0.1) is 5.92 Å². The van der Waals surface area contributed by atoms with Gasteiger partial charge in [0.25, 0.3) is 11.8 Å². The van der Waals surface area contributed by atoms with Crippen molar-refractivity contribution in [2.45, 2.75) is 45.1 Å². The summed E-state index contributed by atoms with van der Waals surface area (Å²) in [6.07, 6.45) is 4.76. The number of anilines is 1. The van der Waals surface area contributed by atoms with Crippen LogP contribution in [0.1, 0.15) is 61.0 Å². The highest BCUT2D eigenvalue weighted by molar-refractivity contribution is 6.04. The quantitative estimate of drug-likeness (QED) is 0.640. The topological polar surface area (TPSA) is 84.5 Å². The van der Waals surface area contributed by atoms with Crippen molar-refractivity contribution in [3.05, 3.63) is 65.7 Å². The number of esters is 1. The lowest BCUT2D eigenvalue weighted by molar-refractivity contribution is -0.148. The summed E-state index contributed by atoms with van der Waals surface area (Å²) < 4.78 is 5.11. The normalized spacial score (nSPS) is 14.7. The molecule has 1 fully saturated rings. The second-order valence-electron chi connectivity index (χ2n) is 7.71. The Morgan fingerprint density at radius 2 is 1.67 bits per heavy atom. The number of hydrogen-bond acceptors (Lipinski definition) is 4. The van der Waals surface area contributed by atoms with Gasteiger partial charge < -0.3 is 15.4 Å². The summed E-state index contributed by atoms with van der Waals surface area (Å²) in [5, 5.41) is 5.62. The van der Waals surface area contributed by atoms with Crippen molar-refractivity contribution in [2.75, 3.05) is 11.9 Å². The summed E-state index contributed by atoms with van der Waals surface area (Å²) in [5.74, 6) is -0.733. The maximum Gasteiger partial charge on any atom is 0.306 e. The molecular weight excluding hydrogens is 380 g/mol. The lowest BCUT2D eigenvalue weighted by atomic mass is 10.0. The molecule has 158 valence electrons. The maximum absolute atomic E-state index is 12.7. The molecule has 0 aromatic heterocycles. The van der Waals surface area contributed by atoms with Crippen LogP contribution in [0.25, 0.3) is 0 Å². The molecule has 0 unspecified atom stereocenters. The number of ether oxygens (including phenoxy) is 1. The third-order valence-electron chi connectivity index (χ3n) is 5.39. The first-order chi connectivity index (χ1) is 14.5. The van der Waals surface area contributed by atoms with E-state index in [1.165, 1.54) is 0 Å². The predicted molar refractivity (Wildman–Crippen MR) is 115 cm³/mol. The van der Waals surface area contributed by atoms with Crippen LogP contribution >= 0.6 is 0 Å². The van der Waals surface area contributed by atoms with E-state index >= 15 is 0 Å². The summed E-state index contributed by atoms with van der Waals surface area (Å²) in [4.78, 5) is 36.9. The molecule has 3 rings (SSSR count). The number of amides is 2. The highest BCUT2D eigenvalue weighted by Crippen LogP contribution is 2.27. The Bertz CT molecular complexity index is 876. The predicted octanol–water partition coefficient (Wildman–Crippen LogP) is 4.24. The SMILES string of the molecule is C[C@@H](NC(=O)c1ccccc1NC(=O)COC(=O)CC1CCCC1)c1ccccc1. The summed E-state index contributed by atoms with van der Waals surface area (Å²) in [5.41, 5.74) is 1.72. The van der Waals surface area contributed by atoms with E-state index in [2.05, 4.69) is 10.6 Å². The average Bonchev–Trinajstić information content (AvgIpc) is 3.26. The number of rotatable bonds is 8. The van der Waals surface area contributed by atoms with E-state index < -0.39 is 5.91 Å². The monoisotopic (exact) mass is 408 g/mol. The first-order valence-corrected chi connectivity index (χ1v) is 10.4. The van der Waals surface area contributed by atoms with Crippen LogP contribution in [-0.2, 0) is 14.3 Å². The van der Waals surface area contributed by atoms with E-state index in [-0.39, 0.29) is 24.5 Å². The van der Waals surface area contributed by atoms with Crippen LogP contribution in [0.15, 0.2) is 54.6 Å². The van der Waals surface area contributed by atoms with Gasteiger partial charge in [0.15, 0.2) is 6.61 Å². The third kappa shape index (κ3) is 6.17. The van der Waals surface area contributed by atoms with Crippen LogP contribution in [0.2, 0.25) is 0 Å². The molecule has 0 aliphatic heterocycles. The van der Waals surface area contributed by atoms with Gasteiger partial charge in [0.05, 0.1) is 17.3 Å². The van der Waals surface area contributed by atoms with E-state index in [1.807, 2.05) is 37.3 Å². The number of benzene rings is 2. The first-order valence-electron chi connectivity index (χ1n) is 10.4. The molecule has 30 heavy (non-hydrogen) atoms. The smallest absolute Gasteiger partial charge is 0.306 e. The zero-order valence-electron chi connectivity index (χ0n) is 17.2. The van der Waals surface area contributed by atoms with Crippen molar-refractivity contribution >= 4 is 23.5 Å². The Labute approximate surface area is 177 Å². The molecule has 1 aliphatic carbocycles. The Balaban J connectivity index is 1.54. The lowest BCUT2D eigenvalue weighted by Crippen LogP contribution is -2.28. The largest absolute Gasteiger partial charge is 0.456 e. The van der Waals surface area contributed by atoms with Crippen LogP contribution in [0.3, 0.4) is 0 Å². The van der Waals surface area contributed by atoms with Gasteiger partial charge in [0, 0.05) is 6.42 Å². The fourth-order valence-corrected chi connectivity index (χ4v) is 3.73. The molecule has 1 atom stereocenters. The zero-order valence-corrected chi connectivity index (χ0v) is 17.2. The third-order valence-corrected chi connectivity index (χ3v) is 5.39. The van der Waals surface area contributed by atoms with Gasteiger partial charge in [-0.1, -0.05) is 55.3 Å². The summed E-state index contributed by atoms with van der Waals surface area (Å²) in [6.45, 7) is 1.54. The van der Waals surface area contributed by atoms with E-state index in [1.54, 1.807) is 24.3 Å². The van der Waals surface area contributed by atoms with Gasteiger partial charge in [0.2, 0.25) is 0 Å². The summed E-state index contributed by atoms with van der Waals surface area (Å²) in [7, 11) is 0. The molecule has 2 aromatic rings. The van der Waals surface area contributed by atoms with Crippen molar-refractivity contribution < 1.29 is 19.1 Å². The van der Waals surface area contributed by atoms with Gasteiger partial charge in [-0.15, -0.1) is 0 Å². The van der Waals surface area contributed by atoms with E-state index in [0.717, 1.165) is 31.2 Å². The van der Waals surface area contributed by atoms with E-state index in [0.29, 0.717) is 23.6 Å². The molecule has 1 aliphatic rings. The Hall–Kier alpha value is -3.15. The van der Waals surface area contributed by atoms with Gasteiger partial charge in [-0.25, -0.2) is 0 Å². The second-order valence-corrected chi connectivity index (χ2v) is 7.71. The van der Waals surface area contributed by atoms with Gasteiger partial charge in [-0.3, -0.25) is 14.4 Å². The molecule has 0 heterocycles. The van der Waals surface area contributed by atoms with Gasteiger partial charge in [-0.05, 0) is 43.4 Å². The molecule has 0 radical (unpaired) electrons. The van der Waals surface area contributed by atoms with Crippen LogP contribution in [0.4, 0.5) is 5.69 Å². The van der Waals surface area contributed by atoms with Gasteiger partial charge in [-0.2, -0.15) is 0 Å². The molecule has 0 spiro atoms. The minimum Gasteiger partial charge on any atom is -0.456 e. The molecule has 2 amide bonds. The van der Waals surface area contributed by atoms with Crippen molar-refractivity contribution in [2.24, 2.45) is 5.92 Å². The lowest BCUT2D eigenvalue weighted by Gasteiger charge is -2.16. The number of hydrogen-bond donors (Lipinski definition) is 2. The number of carbonyl (C=O) groups excluding carboxylic acids is 3. The second kappa shape index (κ2) is 10.6. The average molecular weight is 408 g/mol. The molecule has 0 saturated heterocycles. The molecular formula is C24H28N2O4. The molecule has 0 bridgehead atoms. The van der Waals surface area contributed by atoms with Gasteiger partial charge in [0.1, 0.15) is 0 Å². The number of carbonyl (C=O) groups is 3. The molecule has 2 N–H and O–H groups in total. The number of nitrogens with one attached hydrogen (secondary N) is 2. The minimum absolute atomic E-state index is 0.181. The standard InChI is InChI=1S/C24H28N2O4/c1-17(19-11-3-2-4-12-19)25-24(29)20-13-7-8-14-21(20)26-22(27)16-30-23(28)15-18-9-5-6-10-18/h2-4,7-8,11-14,17-18H,5-6,9-10,15-16H2,1H3,(H,25,29)(H,26,27)/t17-/m1/s1. The van der Waals surface area contributed by atoms with Crippen molar-refractivity contribution in [3.8, 4) is 0 Å². The molecule has 2 aromatic carbocycles. The Morgan fingerprint density at radius 3 is 2.40 bits per heavy atom. The molecule has 6 heteroatoms. The zero-order chi connectivity index (χ0) is 21.3. The van der Waals surface area contributed by atoms with Crippen LogP contribution in [-0.4, -0.2) is 24.4 Å². The Kier molecular flexibility index (Phi) is 7.60. The maximum atomic E-state index is 12.7. The summed E-state index contributed by atoms with van der Waals surface area (Å²) in [6, 6.07) is 16.2. The van der Waals surface area contributed by atoms with Crippen molar-refractivity contribution in [3.63, 3.8) is 0 Å². The Morgan fingerprint density at radius 1 is 1.00 bits per heavy atom. The van der Waals surface area contributed by atoms with Gasteiger partial charge >= 0.3 is 5.97 Å². The highest BCUT2D eigenvalue weighted by Gasteiger charge is 2.20. The first kappa shape index (κ1) is 21.6. The fourth-order valence-electron chi connectivity index (χ4n) is 3.73. The van der Waals surface area contributed by atoms with Crippen LogP contribution in [0.5, 0.6) is 0 Å². The highest BCUT2D eigenvalue weighted by atomic mass is 16.5. The number of para-hydroxylation sites is 1. The van der Waals surface area contributed by atoms with Crippen molar-refractivity contribution in [1.82, 2.24) is 5.32 Å². The van der Waals surface area contributed by atoms with Crippen molar-refractivity contribution in [1.29, 1.82) is 0 Å². The van der Waals surface area contributed by atoms with E-state index in [4.69, 9.17) is 4.74 Å². The molecule has 6 nitrogen and oxygen atoms in total. The fraction of sp³-hybridized carbons (Fsp3) is 0.375. The molecule has 1 saturated carbocycles. The summed E-state index contributed by atoms with van der Waals surface area (Å²) >= 11 is 0. The van der Waals surface area contributed by atoms with E-state index in [9.17, 15) is 14.4 Å². The minimum atomic E-state index is -0.467. The van der Waals surface area contributed by atoms with Crippen LogP contribution < -0.4 is 10.6 Å².